The van der Waals surface area contributed by atoms with E-state index in [0.29, 0.717) is 5.69 Å². The van der Waals surface area contributed by atoms with Crippen molar-refractivity contribution in [1.29, 1.82) is 0 Å². The van der Waals surface area contributed by atoms with E-state index in [-0.39, 0.29) is 17.0 Å². The highest BCUT2D eigenvalue weighted by molar-refractivity contribution is 6.31. The molecule has 0 unspecified atom stereocenters. The Morgan fingerprint density at radius 1 is 1.44 bits per heavy atom. The van der Waals surface area contributed by atoms with Gasteiger partial charge in [-0.05, 0) is 25.1 Å². The normalized spacial score (nSPS) is 17.7. The summed E-state index contributed by atoms with van der Waals surface area (Å²) >= 11 is 5.67. The zero-order valence-electron chi connectivity index (χ0n) is 10.3. The van der Waals surface area contributed by atoms with Gasteiger partial charge in [0.05, 0.1) is 18.1 Å². The predicted octanol–water partition coefficient (Wildman–Crippen LogP) is 1.48. The zero-order chi connectivity index (χ0) is 13.1. The summed E-state index contributed by atoms with van der Waals surface area (Å²) in [5, 5.41) is 2.80. The van der Waals surface area contributed by atoms with Gasteiger partial charge < -0.3 is 10.2 Å². The molecule has 98 valence electrons. The largest absolute Gasteiger partial charge is 0.325 e. The molecule has 0 aromatic heterocycles. The monoisotopic (exact) mass is 271 g/mol. The Kier molecular flexibility index (Phi) is 4.19. The van der Waals surface area contributed by atoms with Crippen LogP contribution < -0.4 is 10.2 Å². The van der Waals surface area contributed by atoms with Crippen LogP contribution in [-0.2, 0) is 4.79 Å². The molecule has 0 bridgehead atoms. The van der Waals surface area contributed by atoms with E-state index in [4.69, 9.17) is 11.6 Å². The maximum Gasteiger partial charge on any atom is 0.282 e. The number of amides is 1. The summed E-state index contributed by atoms with van der Waals surface area (Å²) in [4.78, 5) is 13.3. The molecule has 1 atom stereocenters. The van der Waals surface area contributed by atoms with E-state index in [2.05, 4.69) is 5.32 Å². The molecule has 1 amide bonds. The number of hydrogen-bond acceptors (Lipinski definition) is 1. The van der Waals surface area contributed by atoms with Gasteiger partial charge in [0, 0.05) is 18.5 Å². The molecule has 1 fully saturated rings. The number of anilines is 1. The molecular formula is C13H17ClFN2O+. The minimum atomic E-state index is -0.479. The molecule has 0 saturated carbocycles. The highest BCUT2D eigenvalue weighted by Gasteiger charge is 2.27. The van der Waals surface area contributed by atoms with Crippen LogP contribution in [0.3, 0.4) is 0 Å². The Bertz CT molecular complexity index is 447. The molecule has 18 heavy (non-hydrogen) atoms. The fraction of sp³-hybridized carbons (Fsp3) is 0.462. The topological polar surface area (TPSA) is 33.5 Å². The van der Waals surface area contributed by atoms with Crippen LogP contribution >= 0.6 is 11.6 Å². The standard InChI is InChI=1S/C13H16ClFN2O/c1-9(17-6-2-3-7-17)13(18)16-10-4-5-12(15)11(14)8-10/h4-5,8-9H,2-3,6-7H2,1H3,(H,16,18)/p+1/t9-/m0/s1. The minimum Gasteiger partial charge on any atom is -0.325 e. The maximum absolute atomic E-state index is 13.0. The number of rotatable bonds is 3. The molecule has 1 aromatic rings. The second-order valence-electron chi connectivity index (χ2n) is 4.71. The Morgan fingerprint density at radius 3 is 2.72 bits per heavy atom. The van der Waals surface area contributed by atoms with E-state index in [0.717, 1.165) is 13.1 Å². The fourth-order valence-electron chi connectivity index (χ4n) is 2.27. The van der Waals surface area contributed by atoms with Gasteiger partial charge in [-0.3, -0.25) is 4.79 Å². The molecule has 0 radical (unpaired) electrons. The van der Waals surface area contributed by atoms with Crippen molar-refractivity contribution in [3.8, 4) is 0 Å². The van der Waals surface area contributed by atoms with Crippen molar-refractivity contribution < 1.29 is 14.1 Å². The van der Waals surface area contributed by atoms with Gasteiger partial charge >= 0.3 is 0 Å². The lowest BCUT2D eigenvalue weighted by Crippen LogP contribution is -3.14. The first-order valence-corrected chi connectivity index (χ1v) is 6.56. The summed E-state index contributed by atoms with van der Waals surface area (Å²) in [6.45, 7) is 4.00. The van der Waals surface area contributed by atoms with Crippen LogP contribution in [0.1, 0.15) is 19.8 Å². The van der Waals surface area contributed by atoms with Crippen molar-refractivity contribution >= 4 is 23.2 Å². The summed E-state index contributed by atoms with van der Waals surface area (Å²) in [6, 6.07) is 4.12. The van der Waals surface area contributed by atoms with Gasteiger partial charge in [-0.2, -0.15) is 0 Å². The van der Waals surface area contributed by atoms with Crippen molar-refractivity contribution in [2.24, 2.45) is 0 Å². The van der Waals surface area contributed by atoms with E-state index in [1.807, 2.05) is 6.92 Å². The van der Waals surface area contributed by atoms with E-state index in [1.54, 1.807) is 0 Å². The molecule has 1 aliphatic heterocycles. The van der Waals surface area contributed by atoms with Crippen LogP contribution in [0.2, 0.25) is 5.02 Å². The van der Waals surface area contributed by atoms with Gasteiger partial charge in [0.25, 0.3) is 5.91 Å². The van der Waals surface area contributed by atoms with Crippen molar-refractivity contribution in [3.63, 3.8) is 0 Å². The molecule has 1 aliphatic rings. The predicted molar refractivity (Wildman–Crippen MR) is 69.4 cm³/mol. The van der Waals surface area contributed by atoms with Crippen molar-refractivity contribution in [2.75, 3.05) is 18.4 Å². The minimum absolute atomic E-state index is 0.0222. The van der Waals surface area contributed by atoms with Crippen LogP contribution in [0.25, 0.3) is 0 Å². The van der Waals surface area contributed by atoms with Gasteiger partial charge in [0.15, 0.2) is 6.04 Å². The number of carbonyl (C=O) groups is 1. The van der Waals surface area contributed by atoms with E-state index in [1.165, 1.54) is 35.9 Å². The van der Waals surface area contributed by atoms with Crippen molar-refractivity contribution in [1.82, 2.24) is 0 Å². The van der Waals surface area contributed by atoms with Gasteiger partial charge in [0.2, 0.25) is 0 Å². The lowest BCUT2D eigenvalue weighted by molar-refractivity contribution is -0.901. The van der Waals surface area contributed by atoms with E-state index >= 15 is 0 Å². The quantitative estimate of drug-likeness (QED) is 0.858. The average molecular weight is 272 g/mol. The number of benzene rings is 1. The van der Waals surface area contributed by atoms with E-state index < -0.39 is 5.82 Å². The average Bonchev–Trinajstić information content (AvgIpc) is 2.86. The summed E-state index contributed by atoms with van der Waals surface area (Å²) < 4.78 is 13.0. The molecule has 2 N–H and O–H groups in total. The number of carbonyl (C=O) groups excluding carboxylic acids is 1. The van der Waals surface area contributed by atoms with Gasteiger partial charge in [0.1, 0.15) is 5.82 Å². The number of hydrogen-bond donors (Lipinski definition) is 2. The highest BCUT2D eigenvalue weighted by Crippen LogP contribution is 2.19. The Morgan fingerprint density at radius 2 is 2.11 bits per heavy atom. The molecule has 1 saturated heterocycles. The second kappa shape index (κ2) is 5.67. The zero-order valence-corrected chi connectivity index (χ0v) is 11.1. The lowest BCUT2D eigenvalue weighted by atomic mass is 10.2. The van der Waals surface area contributed by atoms with Crippen molar-refractivity contribution in [2.45, 2.75) is 25.8 Å². The molecule has 5 heteroatoms. The second-order valence-corrected chi connectivity index (χ2v) is 5.11. The van der Waals surface area contributed by atoms with Crippen LogP contribution in [-0.4, -0.2) is 25.0 Å². The summed E-state index contributed by atoms with van der Waals surface area (Å²) in [5.41, 5.74) is 0.539. The fourth-order valence-corrected chi connectivity index (χ4v) is 2.45. The molecule has 0 spiro atoms. The number of nitrogens with one attached hydrogen (secondary N) is 2. The first kappa shape index (κ1) is 13.3. The molecule has 1 aromatic carbocycles. The third kappa shape index (κ3) is 3.00. The van der Waals surface area contributed by atoms with Gasteiger partial charge in [-0.25, -0.2) is 4.39 Å². The smallest absolute Gasteiger partial charge is 0.282 e. The van der Waals surface area contributed by atoms with Gasteiger partial charge in [-0.1, -0.05) is 11.6 Å². The van der Waals surface area contributed by atoms with Crippen LogP contribution in [0.4, 0.5) is 10.1 Å². The van der Waals surface area contributed by atoms with Crippen molar-refractivity contribution in [3.05, 3.63) is 29.0 Å². The van der Waals surface area contributed by atoms with E-state index in [9.17, 15) is 9.18 Å². The Hall–Kier alpha value is -1.13. The number of halogens is 2. The SMILES string of the molecule is C[C@@H](C(=O)Nc1ccc(F)c(Cl)c1)[NH+]1CCCC1. The molecule has 2 rings (SSSR count). The van der Waals surface area contributed by atoms with Crippen LogP contribution in [0.15, 0.2) is 18.2 Å². The molecule has 1 heterocycles. The number of quaternary nitrogens is 1. The van der Waals surface area contributed by atoms with Crippen LogP contribution in [0, 0.1) is 5.82 Å². The first-order valence-electron chi connectivity index (χ1n) is 6.18. The summed E-state index contributed by atoms with van der Waals surface area (Å²) in [5.74, 6) is -0.526. The third-order valence-electron chi connectivity index (χ3n) is 3.44. The molecule has 3 nitrogen and oxygen atoms in total. The number of likely N-dealkylation sites (tertiary alicyclic amines) is 1. The molecule has 0 aliphatic carbocycles. The third-order valence-corrected chi connectivity index (χ3v) is 3.73. The Labute approximate surface area is 111 Å². The lowest BCUT2D eigenvalue weighted by Gasteiger charge is -2.20. The summed E-state index contributed by atoms with van der Waals surface area (Å²) in [7, 11) is 0. The van der Waals surface area contributed by atoms with Crippen LogP contribution in [0.5, 0.6) is 0 Å². The Balaban J connectivity index is 1.99. The summed E-state index contributed by atoms with van der Waals surface area (Å²) in [6.07, 6.45) is 2.35. The first-order chi connectivity index (χ1) is 8.58. The molecular weight excluding hydrogens is 255 g/mol. The highest BCUT2D eigenvalue weighted by atomic mass is 35.5. The maximum atomic E-state index is 13.0. The van der Waals surface area contributed by atoms with Gasteiger partial charge in [-0.15, -0.1) is 0 Å².